The van der Waals surface area contributed by atoms with Crippen LogP contribution >= 0.6 is 0 Å². The Bertz CT molecular complexity index is 659. The summed E-state index contributed by atoms with van der Waals surface area (Å²) in [6.07, 6.45) is 8.76. The highest BCUT2D eigenvalue weighted by atomic mass is 16.5. The maximum absolute atomic E-state index is 6.14. The number of fused-ring (bicyclic) bond motifs is 2. The molecule has 3 atom stereocenters. The first-order chi connectivity index (χ1) is 10.9. The molecule has 0 heterocycles. The summed E-state index contributed by atoms with van der Waals surface area (Å²) in [5.74, 6) is 3.51. The van der Waals surface area contributed by atoms with Crippen LogP contribution in [-0.2, 0) is 0 Å². The highest BCUT2D eigenvalue weighted by Gasteiger charge is 2.35. The van der Waals surface area contributed by atoms with E-state index in [1.165, 1.54) is 30.4 Å². The summed E-state index contributed by atoms with van der Waals surface area (Å²) in [6, 6.07) is 18.9. The molecule has 0 amide bonds. The van der Waals surface area contributed by atoms with Crippen molar-refractivity contribution in [2.75, 3.05) is 6.61 Å². The van der Waals surface area contributed by atoms with Crippen LogP contribution in [0.15, 0.2) is 66.7 Å². The molecular formula is C21H22O. The summed E-state index contributed by atoms with van der Waals surface area (Å²) < 4.78 is 6.14. The second-order valence-corrected chi connectivity index (χ2v) is 6.54. The second-order valence-electron chi connectivity index (χ2n) is 6.54. The Morgan fingerprint density at radius 2 is 1.68 bits per heavy atom. The quantitative estimate of drug-likeness (QED) is 0.676. The largest absolute Gasteiger partial charge is 0.493 e. The van der Waals surface area contributed by atoms with Gasteiger partial charge in [-0.3, -0.25) is 0 Å². The lowest BCUT2D eigenvalue weighted by Gasteiger charge is -2.19. The van der Waals surface area contributed by atoms with Crippen molar-refractivity contribution >= 4 is 0 Å². The van der Waals surface area contributed by atoms with Crippen LogP contribution in [0.2, 0.25) is 0 Å². The fourth-order valence-electron chi connectivity index (χ4n) is 4.00. The van der Waals surface area contributed by atoms with Gasteiger partial charge in [-0.05, 0) is 48.6 Å². The Balaban J connectivity index is 1.42. The van der Waals surface area contributed by atoms with Gasteiger partial charge in [0.05, 0.1) is 6.61 Å². The van der Waals surface area contributed by atoms with Crippen LogP contribution in [0, 0.1) is 17.8 Å². The van der Waals surface area contributed by atoms with E-state index in [-0.39, 0.29) is 0 Å². The summed E-state index contributed by atoms with van der Waals surface area (Å²) in [6.45, 7) is 0.825. The summed E-state index contributed by atoms with van der Waals surface area (Å²) >= 11 is 0. The minimum atomic E-state index is 0.818. The molecule has 0 aromatic heterocycles. The minimum absolute atomic E-state index is 0.818. The topological polar surface area (TPSA) is 9.23 Å². The van der Waals surface area contributed by atoms with Crippen LogP contribution in [0.5, 0.6) is 5.75 Å². The third-order valence-corrected chi connectivity index (χ3v) is 5.13. The summed E-state index contributed by atoms with van der Waals surface area (Å²) in [4.78, 5) is 0. The Morgan fingerprint density at radius 3 is 2.45 bits per heavy atom. The Kier molecular flexibility index (Phi) is 3.72. The molecule has 2 aliphatic carbocycles. The monoisotopic (exact) mass is 290 g/mol. The molecular weight excluding hydrogens is 268 g/mol. The van der Waals surface area contributed by atoms with Crippen molar-refractivity contribution in [2.45, 2.75) is 19.3 Å². The van der Waals surface area contributed by atoms with E-state index in [1.54, 1.807) is 0 Å². The molecule has 4 rings (SSSR count). The lowest BCUT2D eigenvalue weighted by Crippen LogP contribution is -2.11. The Labute approximate surface area is 132 Å². The normalized spacial score (nSPS) is 25.5. The van der Waals surface area contributed by atoms with Crippen molar-refractivity contribution in [1.82, 2.24) is 0 Å². The standard InChI is InChI=1S/C21H22O/c1-2-6-17(7-3-1)20-8-4-5-9-21(20)22-13-12-19-15-16-10-11-18(19)14-16/h1-11,16,18-19H,12-15H2. The highest BCUT2D eigenvalue weighted by Crippen LogP contribution is 2.44. The van der Waals surface area contributed by atoms with E-state index in [0.29, 0.717) is 0 Å². The molecule has 2 aromatic carbocycles. The fraction of sp³-hybridized carbons (Fsp3) is 0.333. The molecule has 0 spiro atoms. The molecule has 0 saturated heterocycles. The Morgan fingerprint density at radius 1 is 0.864 bits per heavy atom. The second kappa shape index (κ2) is 6.00. The van der Waals surface area contributed by atoms with E-state index in [4.69, 9.17) is 4.74 Å². The average Bonchev–Trinajstić information content (AvgIpc) is 3.19. The van der Waals surface area contributed by atoms with E-state index < -0.39 is 0 Å². The van der Waals surface area contributed by atoms with Crippen molar-refractivity contribution in [1.29, 1.82) is 0 Å². The third-order valence-electron chi connectivity index (χ3n) is 5.13. The molecule has 2 aromatic rings. The molecule has 0 N–H and O–H groups in total. The summed E-state index contributed by atoms with van der Waals surface area (Å²) in [5, 5.41) is 0. The van der Waals surface area contributed by atoms with Crippen molar-refractivity contribution in [3.05, 3.63) is 66.7 Å². The minimum Gasteiger partial charge on any atom is -0.493 e. The zero-order valence-corrected chi connectivity index (χ0v) is 12.8. The lowest BCUT2D eigenvalue weighted by atomic mass is 9.91. The van der Waals surface area contributed by atoms with Crippen molar-refractivity contribution in [3.63, 3.8) is 0 Å². The van der Waals surface area contributed by atoms with Gasteiger partial charge in [0.25, 0.3) is 0 Å². The van der Waals surface area contributed by atoms with Gasteiger partial charge in [0, 0.05) is 5.56 Å². The van der Waals surface area contributed by atoms with E-state index in [0.717, 1.165) is 30.1 Å². The average molecular weight is 290 g/mol. The molecule has 1 saturated carbocycles. The van der Waals surface area contributed by atoms with Crippen LogP contribution in [0.4, 0.5) is 0 Å². The number of rotatable bonds is 5. The molecule has 3 unspecified atom stereocenters. The van der Waals surface area contributed by atoms with Gasteiger partial charge in [0.2, 0.25) is 0 Å². The SMILES string of the molecule is C1=CC2CC1CC2CCOc1ccccc1-c1ccccc1. The van der Waals surface area contributed by atoms with Crippen molar-refractivity contribution < 1.29 is 4.74 Å². The first-order valence-electron chi connectivity index (χ1n) is 8.36. The highest BCUT2D eigenvalue weighted by molar-refractivity contribution is 5.70. The molecule has 1 nitrogen and oxygen atoms in total. The molecule has 112 valence electrons. The molecule has 1 heteroatoms. The number of hydrogen-bond donors (Lipinski definition) is 0. The van der Waals surface area contributed by atoms with Gasteiger partial charge in [-0.1, -0.05) is 60.7 Å². The van der Waals surface area contributed by atoms with Gasteiger partial charge in [-0.25, -0.2) is 0 Å². The van der Waals surface area contributed by atoms with Crippen LogP contribution < -0.4 is 4.74 Å². The van der Waals surface area contributed by atoms with Gasteiger partial charge in [-0.2, -0.15) is 0 Å². The van der Waals surface area contributed by atoms with E-state index in [2.05, 4.69) is 66.7 Å². The first kappa shape index (κ1) is 13.6. The zero-order chi connectivity index (χ0) is 14.8. The number of para-hydroxylation sites is 1. The van der Waals surface area contributed by atoms with Crippen LogP contribution in [0.1, 0.15) is 19.3 Å². The number of hydrogen-bond acceptors (Lipinski definition) is 1. The van der Waals surface area contributed by atoms with E-state index in [9.17, 15) is 0 Å². The van der Waals surface area contributed by atoms with Gasteiger partial charge in [0.15, 0.2) is 0 Å². The number of allylic oxidation sites excluding steroid dienone is 2. The van der Waals surface area contributed by atoms with Crippen LogP contribution in [0.3, 0.4) is 0 Å². The van der Waals surface area contributed by atoms with E-state index >= 15 is 0 Å². The van der Waals surface area contributed by atoms with E-state index in [1.807, 2.05) is 0 Å². The van der Waals surface area contributed by atoms with Gasteiger partial charge in [-0.15, -0.1) is 0 Å². The van der Waals surface area contributed by atoms with Gasteiger partial charge >= 0.3 is 0 Å². The maximum atomic E-state index is 6.14. The first-order valence-corrected chi connectivity index (χ1v) is 8.36. The van der Waals surface area contributed by atoms with Crippen LogP contribution in [-0.4, -0.2) is 6.61 Å². The summed E-state index contributed by atoms with van der Waals surface area (Å²) in [5.41, 5.74) is 2.41. The molecule has 22 heavy (non-hydrogen) atoms. The van der Waals surface area contributed by atoms with Crippen molar-refractivity contribution in [3.8, 4) is 16.9 Å². The predicted octanol–water partition coefficient (Wildman–Crippen LogP) is 5.33. The molecule has 2 bridgehead atoms. The fourth-order valence-corrected chi connectivity index (χ4v) is 4.00. The molecule has 1 fully saturated rings. The lowest BCUT2D eigenvalue weighted by molar-refractivity contribution is 0.264. The van der Waals surface area contributed by atoms with Gasteiger partial charge < -0.3 is 4.74 Å². The number of ether oxygens (including phenoxy) is 1. The smallest absolute Gasteiger partial charge is 0.127 e. The third kappa shape index (κ3) is 2.68. The summed E-state index contributed by atoms with van der Waals surface area (Å²) in [7, 11) is 0. The molecule has 2 aliphatic rings. The van der Waals surface area contributed by atoms with Crippen molar-refractivity contribution in [2.24, 2.45) is 17.8 Å². The predicted molar refractivity (Wildman–Crippen MR) is 90.8 cm³/mol. The van der Waals surface area contributed by atoms with Gasteiger partial charge in [0.1, 0.15) is 5.75 Å². The number of benzene rings is 2. The molecule has 0 radical (unpaired) electrons. The zero-order valence-electron chi connectivity index (χ0n) is 12.8. The van der Waals surface area contributed by atoms with Crippen LogP contribution in [0.25, 0.3) is 11.1 Å². The maximum Gasteiger partial charge on any atom is 0.127 e. The molecule has 0 aliphatic heterocycles. The Hall–Kier alpha value is -2.02.